The third-order valence-corrected chi connectivity index (χ3v) is 3.33. The van der Waals surface area contributed by atoms with Gasteiger partial charge in [-0.2, -0.15) is 0 Å². The summed E-state index contributed by atoms with van der Waals surface area (Å²) >= 11 is 11.7. The molecule has 0 aliphatic carbocycles. The number of rotatable bonds is 3. The van der Waals surface area contributed by atoms with Crippen molar-refractivity contribution in [1.29, 1.82) is 0 Å². The standard InChI is InChI=1S/C14H9Cl2NO4/c15-8-5-6-9(16)12(11(8)14(20)21)17-13(19)7-3-1-2-4-10(7)18/h1-6,18H,(H,17,19)(H,20,21). The van der Waals surface area contributed by atoms with E-state index in [0.29, 0.717) is 0 Å². The minimum Gasteiger partial charge on any atom is -0.507 e. The maximum atomic E-state index is 12.1. The molecular weight excluding hydrogens is 317 g/mol. The van der Waals surface area contributed by atoms with E-state index in [1.165, 1.54) is 24.3 Å². The summed E-state index contributed by atoms with van der Waals surface area (Å²) in [7, 11) is 0. The topological polar surface area (TPSA) is 86.6 Å². The number of hydrogen-bond acceptors (Lipinski definition) is 3. The third kappa shape index (κ3) is 3.09. The first kappa shape index (κ1) is 15.2. The molecule has 0 radical (unpaired) electrons. The van der Waals surface area contributed by atoms with Gasteiger partial charge in [0.05, 0.1) is 21.3 Å². The monoisotopic (exact) mass is 325 g/mol. The van der Waals surface area contributed by atoms with Crippen LogP contribution in [0.5, 0.6) is 5.75 Å². The van der Waals surface area contributed by atoms with Crippen molar-refractivity contribution in [2.24, 2.45) is 0 Å². The fourth-order valence-electron chi connectivity index (χ4n) is 1.73. The maximum absolute atomic E-state index is 12.1. The van der Waals surface area contributed by atoms with Crippen LogP contribution in [0.2, 0.25) is 10.0 Å². The van der Waals surface area contributed by atoms with E-state index in [1.807, 2.05) is 0 Å². The van der Waals surface area contributed by atoms with E-state index < -0.39 is 11.9 Å². The van der Waals surface area contributed by atoms with Gasteiger partial charge in [-0.05, 0) is 24.3 Å². The van der Waals surface area contributed by atoms with Crippen molar-refractivity contribution in [3.63, 3.8) is 0 Å². The number of aromatic hydroxyl groups is 1. The average molecular weight is 326 g/mol. The van der Waals surface area contributed by atoms with Gasteiger partial charge >= 0.3 is 5.97 Å². The first-order chi connectivity index (χ1) is 9.91. The van der Waals surface area contributed by atoms with E-state index in [1.54, 1.807) is 12.1 Å². The molecule has 3 N–H and O–H groups in total. The average Bonchev–Trinajstić information content (AvgIpc) is 2.43. The molecule has 0 saturated heterocycles. The summed E-state index contributed by atoms with van der Waals surface area (Å²) in [5.41, 5.74) is -0.442. The lowest BCUT2D eigenvalue weighted by molar-refractivity contribution is 0.0698. The molecule has 0 heterocycles. The zero-order valence-corrected chi connectivity index (χ0v) is 11.9. The number of para-hydroxylation sites is 1. The van der Waals surface area contributed by atoms with E-state index in [4.69, 9.17) is 28.3 Å². The molecule has 21 heavy (non-hydrogen) atoms. The van der Waals surface area contributed by atoms with Gasteiger partial charge in [0.2, 0.25) is 0 Å². The molecule has 0 aliphatic rings. The quantitative estimate of drug-likeness (QED) is 0.803. The number of carboxylic acid groups (broad SMARTS) is 1. The van der Waals surface area contributed by atoms with E-state index >= 15 is 0 Å². The summed E-state index contributed by atoms with van der Waals surface area (Å²) < 4.78 is 0. The van der Waals surface area contributed by atoms with Gasteiger partial charge in [0.25, 0.3) is 5.91 Å². The van der Waals surface area contributed by atoms with E-state index in [-0.39, 0.29) is 32.6 Å². The normalized spacial score (nSPS) is 10.2. The first-order valence-corrected chi connectivity index (χ1v) is 6.48. The number of nitrogens with one attached hydrogen (secondary N) is 1. The molecule has 0 saturated carbocycles. The minimum absolute atomic E-state index is 0.00937. The molecule has 2 aromatic carbocycles. The maximum Gasteiger partial charge on any atom is 0.339 e. The molecule has 0 fully saturated rings. The predicted octanol–water partition coefficient (Wildman–Crippen LogP) is 3.65. The van der Waals surface area contributed by atoms with Crippen molar-refractivity contribution in [3.05, 3.63) is 57.6 Å². The molecule has 7 heteroatoms. The molecule has 0 spiro atoms. The molecule has 0 atom stereocenters. The Hall–Kier alpha value is -2.24. The molecule has 2 aromatic rings. The highest BCUT2D eigenvalue weighted by atomic mass is 35.5. The molecule has 108 valence electrons. The highest BCUT2D eigenvalue weighted by Crippen LogP contribution is 2.32. The molecular formula is C14H9Cl2NO4. The second-order valence-electron chi connectivity index (χ2n) is 4.06. The zero-order chi connectivity index (χ0) is 15.6. The Labute approximate surface area is 129 Å². The van der Waals surface area contributed by atoms with Crippen molar-refractivity contribution in [2.75, 3.05) is 5.32 Å². The highest BCUT2D eigenvalue weighted by molar-refractivity contribution is 6.38. The molecule has 0 unspecified atom stereocenters. The molecule has 2 rings (SSSR count). The van der Waals surface area contributed by atoms with Crippen LogP contribution in [0.4, 0.5) is 5.69 Å². The Bertz CT molecular complexity index is 731. The smallest absolute Gasteiger partial charge is 0.339 e. The lowest BCUT2D eigenvalue weighted by Gasteiger charge is -2.12. The van der Waals surface area contributed by atoms with E-state index in [2.05, 4.69) is 5.32 Å². The van der Waals surface area contributed by atoms with Crippen LogP contribution in [0.1, 0.15) is 20.7 Å². The number of carbonyl (C=O) groups excluding carboxylic acids is 1. The largest absolute Gasteiger partial charge is 0.507 e. The summed E-state index contributed by atoms with van der Waals surface area (Å²) in [5.74, 6) is -2.25. The van der Waals surface area contributed by atoms with Crippen molar-refractivity contribution < 1.29 is 19.8 Å². The van der Waals surface area contributed by atoms with Crippen LogP contribution in [0, 0.1) is 0 Å². The molecule has 1 amide bonds. The lowest BCUT2D eigenvalue weighted by Crippen LogP contribution is -2.15. The summed E-state index contributed by atoms with van der Waals surface area (Å²) in [6.07, 6.45) is 0. The van der Waals surface area contributed by atoms with Crippen LogP contribution >= 0.6 is 23.2 Å². The molecule has 0 bridgehead atoms. The van der Waals surface area contributed by atoms with Crippen molar-refractivity contribution >= 4 is 40.8 Å². The number of carbonyl (C=O) groups is 2. The van der Waals surface area contributed by atoms with Gasteiger partial charge in [-0.1, -0.05) is 35.3 Å². The van der Waals surface area contributed by atoms with Gasteiger partial charge < -0.3 is 15.5 Å². The number of hydrogen-bond donors (Lipinski definition) is 3. The van der Waals surface area contributed by atoms with E-state index in [9.17, 15) is 14.7 Å². The first-order valence-electron chi connectivity index (χ1n) is 5.72. The SMILES string of the molecule is O=C(Nc1c(Cl)ccc(Cl)c1C(=O)O)c1ccccc1O. The molecule has 0 aromatic heterocycles. The van der Waals surface area contributed by atoms with Crippen LogP contribution in [0.15, 0.2) is 36.4 Å². The lowest BCUT2D eigenvalue weighted by atomic mass is 10.1. The van der Waals surface area contributed by atoms with Gasteiger partial charge in [-0.3, -0.25) is 4.79 Å². The Morgan fingerprint density at radius 1 is 1.00 bits per heavy atom. The summed E-state index contributed by atoms with van der Waals surface area (Å²) in [6.45, 7) is 0. The van der Waals surface area contributed by atoms with Crippen molar-refractivity contribution in [3.8, 4) is 5.75 Å². The fourth-order valence-corrected chi connectivity index (χ4v) is 2.17. The van der Waals surface area contributed by atoms with Crippen molar-refractivity contribution in [2.45, 2.75) is 0 Å². The summed E-state index contributed by atoms with van der Waals surface area (Å²) in [5, 5.41) is 21.1. The number of halogens is 2. The number of benzene rings is 2. The molecule has 0 aliphatic heterocycles. The third-order valence-electron chi connectivity index (χ3n) is 2.70. The summed E-state index contributed by atoms with van der Waals surface area (Å²) in [6, 6.07) is 8.55. The molecule has 5 nitrogen and oxygen atoms in total. The Kier molecular flexibility index (Phi) is 4.35. The fraction of sp³-hybridized carbons (Fsp3) is 0. The zero-order valence-electron chi connectivity index (χ0n) is 10.4. The number of aromatic carboxylic acids is 1. The van der Waals surface area contributed by atoms with Gasteiger partial charge in [-0.25, -0.2) is 4.79 Å². The second kappa shape index (κ2) is 6.03. The van der Waals surface area contributed by atoms with Crippen LogP contribution in [-0.4, -0.2) is 22.1 Å². The Morgan fingerprint density at radius 2 is 1.62 bits per heavy atom. The summed E-state index contributed by atoms with van der Waals surface area (Å²) in [4.78, 5) is 23.3. The number of phenolic OH excluding ortho intramolecular Hbond substituents is 1. The van der Waals surface area contributed by atoms with Gasteiger partial charge in [-0.15, -0.1) is 0 Å². The predicted molar refractivity (Wildman–Crippen MR) is 79.5 cm³/mol. The Morgan fingerprint density at radius 3 is 2.24 bits per heavy atom. The van der Waals surface area contributed by atoms with Gasteiger partial charge in [0.15, 0.2) is 0 Å². The van der Waals surface area contributed by atoms with Crippen LogP contribution < -0.4 is 5.32 Å². The highest BCUT2D eigenvalue weighted by Gasteiger charge is 2.21. The number of phenols is 1. The number of amides is 1. The number of carboxylic acids is 1. The van der Waals surface area contributed by atoms with Crippen molar-refractivity contribution in [1.82, 2.24) is 0 Å². The van der Waals surface area contributed by atoms with Crippen LogP contribution in [0.25, 0.3) is 0 Å². The van der Waals surface area contributed by atoms with Crippen LogP contribution in [0.3, 0.4) is 0 Å². The number of anilines is 1. The second-order valence-corrected chi connectivity index (χ2v) is 4.87. The van der Waals surface area contributed by atoms with Gasteiger partial charge in [0, 0.05) is 0 Å². The van der Waals surface area contributed by atoms with Crippen LogP contribution in [-0.2, 0) is 0 Å². The Balaban J connectivity index is 2.45. The van der Waals surface area contributed by atoms with Gasteiger partial charge in [0.1, 0.15) is 11.3 Å². The van der Waals surface area contributed by atoms with E-state index in [0.717, 1.165) is 0 Å². The minimum atomic E-state index is -1.32.